The summed E-state index contributed by atoms with van der Waals surface area (Å²) in [5.74, 6) is 1.58. The number of hydrogen-bond acceptors (Lipinski definition) is 1. The van der Waals surface area contributed by atoms with Gasteiger partial charge < -0.3 is 4.74 Å². The van der Waals surface area contributed by atoms with Crippen LogP contribution in [0.5, 0.6) is 5.75 Å². The Labute approximate surface area is 118 Å². The Morgan fingerprint density at radius 2 is 1.79 bits per heavy atom. The molecule has 0 fully saturated rings. The van der Waals surface area contributed by atoms with Crippen LogP contribution in [0.1, 0.15) is 64.4 Å². The van der Waals surface area contributed by atoms with Crippen LogP contribution in [0.2, 0.25) is 0 Å². The fourth-order valence-corrected chi connectivity index (χ4v) is 2.04. The summed E-state index contributed by atoms with van der Waals surface area (Å²) in [6.07, 6.45) is 10.4. The summed E-state index contributed by atoms with van der Waals surface area (Å²) in [5.41, 5.74) is 1.39. The lowest BCUT2D eigenvalue weighted by Gasteiger charge is -2.11. The molecule has 0 aromatic heterocycles. The van der Waals surface area contributed by atoms with Gasteiger partial charge in [0.2, 0.25) is 0 Å². The largest absolute Gasteiger partial charge is 0.494 e. The summed E-state index contributed by atoms with van der Waals surface area (Å²) in [7, 11) is 0. The molecule has 1 atom stereocenters. The quantitative estimate of drug-likeness (QED) is 0.408. The van der Waals surface area contributed by atoms with E-state index in [1.807, 2.05) is 0 Å². The molecule has 1 unspecified atom stereocenters. The Hall–Kier alpha value is -1.24. The topological polar surface area (TPSA) is 9.23 Å². The number of hydrogen-bond donors (Lipinski definition) is 0. The molecule has 0 amide bonds. The van der Waals surface area contributed by atoms with Gasteiger partial charge >= 0.3 is 0 Å². The van der Waals surface area contributed by atoms with Gasteiger partial charge in [0.15, 0.2) is 0 Å². The Morgan fingerprint density at radius 1 is 1.05 bits per heavy atom. The molecule has 106 valence electrons. The van der Waals surface area contributed by atoms with Crippen LogP contribution in [-0.2, 0) is 0 Å². The highest BCUT2D eigenvalue weighted by atomic mass is 16.5. The molecule has 1 heteroatoms. The van der Waals surface area contributed by atoms with E-state index in [2.05, 4.69) is 57.2 Å². The predicted molar refractivity (Wildman–Crippen MR) is 83.9 cm³/mol. The van der Waals surface area contributed by atoms with Gasteiger partial charge in [-0.2, -0.15) is 0 Å². The Kier molecular flexibility index (Phi) is 8.04. The second-order valence-corrected chi connectivity index (χ2v) is 5.14. The molecule has 0 aliphatic rings. The van der Waals surface area contributed by atoms with Crippen LogP contribution in [0.15, 0.2) is 36.4 Å². The third-order valence-corrected chi connectivity index (χ3v) is 3.36. The number of allylic oxidation sites excluding steroid dienone is 2. The maximum atomic E-state index is 5.73. The SMILES string of the molecule is CC/C=C\CC(C)c1ccc(OCCCCC)cc1. The van der Waals surface area contributed by atoms with E-state index in [1.54, 1.807) is 0 Å². The average Bonchev–Trinajstić information content (AvgIpc) is 2.44. The van der Waals surface area contributed by atoms with E-state index in [4.69, 9.17) is 4.74 Å². The molecule has 1 aromatic carbocycles. The molecule has 19 heavy (non-hydrogen) atoms. The minimum Gasteiger partial charge on any atom is -0.494 e. The summed E-state index contributed by atoms with van der Waals surface area (Å²) in [6, 6.07) is 8.59. The Morgan fingerprint density at radius 3 is 2.42 bits per heavy atom. The number of unbranched alkanes of at least 4 members (excludes halogenated alkanes) is 2. The van der Waals surface area contributed by atoms with E-state index in [1.165, 1.54) is 18.4 Å². The summed E-state index contributed by atoms with van der Waals surface area (Å²) >= 11 is 0. The average molecular weight is 260 g/mol. The van der Waals surface area contributed by atoms with Crippen molar-refractivity contribution in [3.05, 3.63) is 42.0 Å². The van der Waals surface area contributed by atoms with Crippen LogP contribution in [0.4, 0.5) is 0 Å². The highest BCUT2D eigenvalue weighted by molar-refractivity contribution is 5.29. The molecule has 1 rings (SSSR count). The zero-order chi connectivity index (χ0) is 13.9. The first-order valence-electron chi connectivity index (χ1n) is 7.65. The van der Waals surface area contributed by atoms with Crippen molar-refractivity contribution < 1.29 is 4.74 Å². The van der Waals surface area contributed by atoms with Crippen LogP contribution in [-0.4, -0.2) is 6.61 Å². The maximum Gasteiger partial charge on any atom is 0.119 e. The maximum absolute atomic E-state index is 5.73. The minimum atomic E-state index is 0.581. The molecule has 1 nitrogen and oxygen atoms in total. The lowest BCUT2D eigenvalue weighted by molar-refractivity contribution is 0.306. The fourth-order valence-electron chi connectivity index (χ4n) is 2.04. The van der Waals surface area contributed by atoms with Gasteiger partial charge in [0.25, 0.3) is 0 Å². The lowest BCUT2D eigenvalue weighted by Crippen LogP contribution is -1.97. The van der Waals surface area contributed by atoms with Crippen molar-refractivity contribution in [1.82, 2.24) is 0 Å². The summed E-state index contributed by atoms with van der Waals surface area (Å²) in [4.78, 5) is 0. The first-order valence-corrected chi connectivity index (χ1v) is 7.65. The van der Waals surface area contributed by atoms with Gasteiger partial charge in [-0.3, -0.25) is 0 Å². The van der Waals surface area contributed by atoms with Crippen molar-refractivity contribution in [1.29, 1.82) is 0 Å². The normalized spacial score (nSPS) is 12.8. The van der Waals surface area contributed by atoms with Gasteiger partial charge in [-0.15, -0.1) is 0 Å². The molecular formula is C18H28O. The number of rotatable bonds is 9. The molecule has 0 spiro atoms. The number of benzene rings is 1. The molecule has 0 bridgehead atoms. The van der Waals surface area contributed by atoms with Crippen LogP contribution in [0.25, 0.3) is 0 Å². The molecular weight excluding hydrogens is 232 g/mol. The van der Waals surface area contributed by atoms with Gasteiger partial charge in [-0.1, -0.05) is 57.9 Å². The molecule has 0 radical (unpaired) electrons. The van der Waals surface area contributed by atoms with Crippen molar-refractivity contribution in [3.63, 3.8) is 0 Å². The first-order chi connectivity index (χ1) is 9.27. The van der Waals surface area contributed by atoms with Crippen LogP contribution in [0, 0.1) is 0 Å². The van der Waals surface area contributed by atoms with E-state index in [0.29, 0.717) is 5.92 Å². The van der Waals surface area contributed by atoms with E-state index in [0.717, 1.165) is 31.6 Å². The molecule has 1 aromatic rings. The van der Waals surface area contributed by atoms with Gasteiger partial charge in [-0.05, 0) is 42.9 Å². The van der Waals surface area contributed by atoms with E-state index in [-0.39, 0.29) is 0 Å². The summed E-state index contributed by atoms with van der Waals surface area (Å²) in [6.45, 7) is 7.49. The summed E-state index contributed by atoms with van der Waals surface area (Å²) in [5, 5.41) is 0. The molecule has 0 saturated carbocycles. The smallest absolute Gasteiger partial charge is 0.119 e. The second kappa shape index (κ2) is 9.66. The van der Waals surface area contributed by atoms with Crippen LogP contribution in [0.3, 0.4) is 0 Å². The summed E-state index contributed by atoms with van der Waals surface area (Å²) < 4.78 is 5.73. The van der Waals surface area contributed by atoms with Gasteiger partial charge in [-0.25, -0.2) is 0 Å². The standard InChI is InChI=1S/C18H28O/c1-4-6-8-10-16(3)17-11-13-18(14-12-17)19-15-9-7-5-2/h6,8,11-14,16H,4-5,7,9-10,15H2,1-3H3/b8-6-. The van der Waals surface area contributed by atoms with Crippen molar-refractivity contribution in [3.8, 4) is 5.75 Å². The third kappa shape index (κ3) is 6.47. The van der Waals surface area contributed by atoms with Crippen LogP contribution >= 0.6 is 0 Å². The van der Waals surface area contributed by atoms with Gasteiger partial charge in [0.05, 0.1) is 6.61 Å². The van der Waals surface area contributed by atoms with Crippen LogP contribution < -0.4 is 4.74 Å². The zero-order valence-corrected chi connectivity index (χ0v) is 12.7. The highest BCUT2D eigenvalue weighted by Crippen LogP contribution is 2.22. The van der Waals surface area contributed by atoms with Gasteiger partial charge in [0, 0.05) is 0 Å². The van der Waals surface area contributed by atoms with Crippen molar-refractivity contribution in [2.24, 2.45) is 0 Å². The number of ether oxygens (including phenoxy) is 1. The third-order valence-electron chi connectivity index (χ3n) is 3.36. The second-order valence-electron chi connectivity index (χ2n) is 5.14. The van der Waals surface area contributed by atoms with Gasteiger partial charge in [0.1, 0.15) is 5.75 Å². The first kappa shape index (κ1) is 15.8. The lowest BCUT2D eigenvalue weighted by atomic mass is 9.97. The fraction of sp³-hybridized carbons (Fsp3) is 0.556. The molecule has 0 aliphatic carbocycles. The molecule has 0 aliphatic heterocycles. The van der Waals surface area contributed by atoms with Crippen molar-refractivity contribution in [2.45, 2.75) is 58.8 Å². The van der Waals surface area contributed by atoms with E-state index < -0.39 is 0 Å². The molecule has 0 N–H and O–H groups in total. The zero-order valence-electron chi connectivity index (χ0n) is 12.7. The Bertz CT molecular complexity index is 350. The molecule has 0 saturated heterocycles. The van der Waals surface area contributed by atoms with E-state index in [9.17, 15) is 0 Å². The Balaban J connectivity index is 2.39. The predicted octanol–water partition coefficient (Wildman–Crippen LogP) is 5.72. The monoisotopic (exact) mass is 260 g/mol. The van der Waals surface area contributed by atoms with Crippen molar-refractivity contribution >= 4 is 0 Å². The molecule has 0 heterocycles. The van der Waals surface area contributed by atoms with Crippen molar-refractivity contribution in [2.75, 3.05) is 6.61 Å². The highest BCUT2D eigenvalue weighted by Gasteiger charge is 2.03. The van der Waals surface area contributed by atoms with E-state index >= 15 is 0 Å². The minimum absolute atomic E-state index is 0.581.